The summed E-state index contributed by atoms with van der Waals surface area (Å²) in [6.45, 7) is 5.91. The number of carbonyl (C=O) groups excluding carboxylic acids is 2. The maximum Gasteiger partial charge on any atom is 0.271 e. The summed E-state index contributed by atoms with van der Waals surface area (Å²) in [5.41, 5.74) is 10.6. The van der Waals surface area contributed by atoms with Crippen molar-refractivity contribution in [3.63, 3.8) is 0 Å². The summed E-state index contributed by atoms with van der Waals surface area (Å²) in [5, 5.41) is 13.0. The van der Waals surface area contributed by atoms with Gasteiger partial charge in [-0.25, -0.2) is 10.4 Å². The van der Waals surface area contributed by atoms with Crippen molar-refractivity contribution in [2.45, 2.75) is 20.8 Å². The number of aromatic nitrogens is 1. The molecule has 216 valence electrons. The number of carbonyl (C=O) groups is 2. The van der Waals surface area contributed by atoms with E-state index in [1.54, 1.807) is 42.6 Å². The minimum Gasteiger partial charge on any atom is -0.484 e. The topological polar surface area (TPSA) is 105 Å². The molecule has 0 fully saturated rings. The van der Waals surface area contributed by atoms with Crippen LogP contribution in [0.15, 0.2) is 101 Å². The van der Waals surface area contributed by atoms with Crippen LogP contribution >= 0.6 is 11.3 Å². The number of nitrogens with zero attached hydrogens (tertiary/aromatic N) is 2. The molecule has 0 aliphatic rings. The molecule has 1 aromatic heterocycles. The molecule has 0 saturated carbocycles. The Hall–Kier alpha value is -5.28. The van der Waals surface area contributed by atoms with E-state index >= 15 is 0 Å². The van der Waals surface area contributed by atoms with Crippen molar-refractivity contribution in [1.82, 2.24) is 10.4 Å². The lowest BCUT2D eigenvalue weighted by Gasteiger charge is -2.11. The van der Waals surface area contributed by atoms with E-state index in [1.165, 1.54) is 16.9 Å². The van der Waals surface area contributed by atoms with Crippen molar-refractivity contribution >= 4 is 45.9 Å². The van der Waals surface area contributed by atoms with Crippen LogP contribution in [-0.4, -0.2) is 29.6 Å². The molecule has 0 saturated heterocycles. The molecule has 0 unspecified atom stereocenters. The van der Waals surface area contributed by atoms with Gasteiger partial charge in [0.2, 0.25) is 0 Å². The molecule has 9 heteroatoms. The number of hydrogen-bond donors (Lipinski definition) is 3. The van der Waals surface area contributed by atoms with Crippen LogP contribution in [-0.2, 0) is 4.79 Å². The molecule has 5 aromatic rings. The van der Waals surface area contributed by atoms with E-state index in [2.05, 4.69) is 45.2 Å². The van der Waals surface area contributed by atoms with E-state index in [-0.39, 0.29) is 18.4 Å². The molecule has 43 heavy (non-hydrogen) atoms. The van der Waals surface area contributed by atoms with Gasteiger partial charge in [-0.3, -0.25) is 9.59 Å². The number of amides is 2. The van der Waals surface area contributed by atoms with Gasteiger partial charge in [0.1, 0.15) is 5.75 Å². The third-order valence-corrected chi connectivity index (χ3v) is 7.52. The predicted octanol–water partition coefficient (Wildman–Crippen LogP) is 7.26. The first-order valence-corrected chi connectivity index (χ1v) is 14.5. The minimum absolute atomic E-state index is 0.108. The smallest absolute Gasteiger partial charge is 0.271 e. The van der Waals surface area contributed by atoms with Gasteiger partial charge in [0.25, 0.3) is 11.8 Å². The molecule has 0 aliphatic carbocycles. The van der Waals surface area contributed by atoms with E-state index in [0.717, 1.165) is 44.5 Å². The lowest BCUT2D eigenvalue weighted by Crippen LogP contribution is -2.20. The third-order valence-electron chi connectivity index (χ3n) is 6.76. The van der Waals surface area contributed by atoms with Crippen molar-refractivity contribution in [1.29, 1.82) is 0 Å². The molecule has 5 rings (SSSR count). The minimum atomic E-state index is -0.322. The van der Waals surface area contributed by atoms with Gasteiger partial charge >= 0.3 is 0 Å². The molecule has 2 amide bonds. The molecule has 8 nitrogen and oxygen atoms in total. The van der Waals surface area contributed by atoms with Gasteiger partial charge in [-0.15, -0.1) is 11.3 Å². The van der Waals surface area contributed by atoms with E-state index in [4.69, 9.17) is 4.74 Å². The van der Waals surface area contributed by atoms with Crippen molar-refractivity contribution in [2.24, 2.45) is 5.10 Å². The quantitative estimate of drug-likeness (QED) is 0.117. The van der Waals surface area contributed by atoms with Crippen molar-refractivity contribution < 1.29 is 14.3 Å². The number of aryl methyl sites for hydroxylation is 2. The summed E-state index contributed by atoms with van der Waals surface area (Å²) >= 11 is 1.52. The third kappa shape index (κ3) is 7.93. The first-order chi connectivity index (χ1) is 20.8. The summed E-state index contributed by atoms with van der Waals surface area (Å²) in [7, 11) is 0. The van der Waals surface area contributed by atoms with E-state index in [1.807, 2.05) is 61.7 Å². The van der Waals surface area contributed by atoms with Gasteiger partial charge in [-0.1, -0.05) is 42.0 Å². The molecule has 0 bridgehead atoms. The Kier molecular flexibility index (Phi) is 9.23. The number of ether oxygens (including phenoxy) is 1. The van der Waals surface area contributed by atoms with Crippen LogP contribution in [0.2, 0.25) is 0 Å². The maximum atomic E-state index is 12.6. The number of benzene rings is 4. The standard InChI is InChI=1S/C34H31N5O3S/c1-22-7-15-28(16-8-22)36-34-38-31(21-43-34)26-11-13-27(14-12-26)33(41)39-35-19-25-9-17-29(18-10-25)42-20-32(40)37-30-6-4-5-23(2)24(30)3/h4-19,21H,20H2,1-3H3,(H,36,38)(H,37,40)(H,39,41)/b35-19+. The van der Waals surface area contributed by atoms with Gasteiger partial charge in [0, 0.05) is 27.9 Å². The Morgan fingerprint density at radius 2 is 1.65 bits per heavy atom. The second kappa shape index (κ2) is 13.6. The fraction of sp³-hybridized carbons (Fsp3) is 0.118. The molecular formula is C34H31N5O3S. The zero-order valence-corrected chi connectivity index (χ0v) is 24.9. The number of thiazole rings is 1. The van der Waals surface area contributed by atoms with Crippen LogP contribution in [0.1, 0.15) is 32.6 Å². The van der Waals surface area contributed by atoms with Crippen LogP contribution in [0.5, 0.6) is 5.75 Å². The summed E-state index contributed by atoms with van der Waals surface area (Å²) in [5.74, 6) is -0.00490. The second-order valence-electron chi connectivity index (χ2n) is 9.96. The van der Waals surface area contributed by atoms with Crippen LogP contribution in [0.3, 0.4) is 0 Å². The van der Waals surface area contributed by atoms with Gasteiger partial charge in [-0.05, 0) is 92.1 Å². The lowest BCUT2D eigenvalue weighted by atomic mass is 10.1. The summed E-state index contributed by atoms with van der Waals surface area (Å²) in [4.78, 5) is 29.5. The average molecular weight is 590 g/mol. The van der Waals surface area contributed by atoms with Crippen molar-refractivity contribution in [3.8, 4) is 17.0 Å². The fourth-order valence-electron chi connectivity index (χ4n) is 4.12. The monoisotopic (exact) mass is 589 g/mol. The van der Waals surface area contributed by atoms with Gasteiger partial charge in [-0.2, -0.15) is 5.10 Å². The SMILES string of the molecule is Cc1ccc(Nc2nc(-c3ccc(C(=O)N/N=C/c4ccc(OCC(=O)Nc5cccc(C)c5C)cc4)cc3)cs2)cc1. The lowest BCUT2D eigenvalue weighted by molar-refractivity contribution is -0.118. The highest BCUT2D eigenvalue weighted by Crippen LogP contribution is 2.27. The second-order valence-corrected chi connectivity index (χ2v) is 10.8. The highest BCUT2D eigenvalue weighted by atomic mass is 32.1. The van der Waals surface area contributed by atoms with Crippen LogP contribution in [0.4, 0.5) is 16.5 Å². The van der Waals surface area contributed by atoms with Crippen LogP contribution < -0.4 is 20.8 Å². The first-order valence-electron chi connectivity index (χ1n) is 13.7. The van der Waals surface area contributed by atoms with Gasteiger partial charge in [0.15, 0.2) is 11.7 Å². The number of hydrogen-bond acceptors (Lipinski definition) is 7. The van der Waals surface area contributed by atoms with Gasteiger partial charge < -0.3 is 15.4 Å². The summed E-state index contributed by atoms with van der Waals surface area (Å²) in [6.07, 6.45) is 1.54. The molecular weight excluding hydrogens is 558 g/mol. The zero-order chi connectivity index (χ0) is 30.2. The summed E-state index contributed by atoms with van der Waals surface area (Å²) < 4.78 is 5.61. The Morgan fingerprint density at radius 3 is 2.40 bits per heavy atom. The Labute approximate surface area is 254 Å². The summed E-state index contributed by atoms with van der Waals surface area (Å²) in [6, 6.07) is 28.2. The van der Waals surface area contributed by atoms with Crippen LogP contribution in [0.25, 0.3) is 11.3 Å². The average Bonchev–Trinajstić information content (AvgIpc) is 3.49. The van der Waals surface area contributed by atoms with Crippen molar-refractivity contribution in [2.75, 3.05) is 17.2 Å². The van der Waals surface area contributed by atoms with E-state index in [0.29, 0.717) is 11.3 Å². The highest BCUT2D eigenvalue weighted by molar-refractivity contribution is 7.14. The highest BCUT2D eigenvalue weighted by Gasteiger charge is 2.09. The number of anilines is 3. The van der Waals surface area contributed by atoms with Crippen LogP contribution in [0, 0.1) is 20.8 Å². The molecule has 0 spiro atoms. The molecule has 3 N–H and O–H groups in total. The predicted molar refractivity (Wildman–Crippen MR) is 174 cm³/mol. The zero-order valence-electron chi connectivity index (χ0n) is 24.0. The number of rotatable bonds is 10. The normalized spacial score (nSPS) is 10.9. The fourth-order valence-corrected chi connectivity index (χ4v) is 4.86. The van der Waals surface area contributed by atoms with Crippen molar-refractivity contribution in [3.05, 3.63) is 124 Å². The Morgan fingerprint density at radius 1 is 0.907 bits per heavy atom. The van der Waals surface area contributed by atoms with E-state index in [9.17, 15) is 9.59 Å². The molecule has 1 heterocycles. The molecule has 0 aliphatic heterocycles. The van der Waals surface area contributed by atoms with Gasteiger partial charge in [0.05, 0.1) is 11.9 Å². The number of hydrazone groups is 1. The maximum absolute atomic E-state index is 12.6. The molecule has 0 radical (unpaired) electrons. The first kappa shape index (κ1) is 29.2. The Bertz CT molecular complexity index is 1740. The molecule has 0 atom stereocenters. The molecule has 4 aromatic carbocycles. The van der Waals surface area contributed by atoms with E-state index < -0.39 is 0 Å². The number of nitrogens with one attached hydrogen (secondary N) is 3. The Balaban J connectivity index is 1.08. The largest absolute Gasteiger partial charge is 0.484 e.